The molecule has 0 fully saturated rings. The van der Waals surface area contributed by atoms with Gasteiger partial charge in [0.15, 0.2) is 17.3 Å². The Kier molecular flexibility index (Phi) is 5.04. The Bertz CT molecular complexity index is 709. The second-order valence-electron chi connectivity index (χ2n) is 6.10. The molecule has 0 radical (unpaired) electrons. The van der Waals surface area contributed by atoms with Crippen molar-refractivity contribution in [1.82, 2.24) is 0 Å². The molecular weight excluding hydrogens is 302 g/mol. The number of ether oxygens (including phenoxy) is 2. The summed E-state index contributed by atoms with van der Waals surface area (Å²) in [5.41, 5.74) is 3.05. The Morgan fingerprint density at radius 2 is 1.88 bits per heavy atom. The second-order valence-corrected chi connectivity index (χ2v) is 6.10. The van der Waals surface area contributed by atoms with Gasteiger partial charge in [0.2, 0.25) is 6.79 Å². The summed E-state index contributed by atoms with van der Waals surface area (Å²) in [7, 11) is 0. The van der Waals surface area contributed by atoms with Crippen molar-refractivity contribution in [2.24, 2.45) is 0 Å². The lowest BCUT2D eigenvalue weighted by Gasteiger charge is -2.11. The van der Waals surface area contributed by atoms with Gasteiger partial charge in [-0.05, 0) is 48.2 Å². The summed E-state index contributed by atoms with van der Waals surface area (Å²) in [5.74, 6) is 2.02. The maximum Gasteiger partial charge on any atom is 0.231 e. The first-order valence-corrected chi connectivity index (χ1v) is 8.44. The van der Waals surface area contributed by atoms with E-state index in [0.29, 0.717) is 35.9 Å². The molecule has 0 bridgehead atoms. The number of fused-ring (bicyclic) bond motifs is 1. The first-order chi connectivity index (χ1) is 11.7. The number of hydrogen-bond donors (Lipinski definition) is 1. The summed E-state index contributed by atoms with van der Waals surface area (Å²) in [5, 5.41) is 3.31. The van der Waals surface area contributed by atoms with Gasteiger partial charge in [0.25, 0.3) is 0 Å². The van der Waals surface area contributed by atoms with E-state index in [1.165, 1.54) is 5.56 Å². The summed E-state index contributed by atoms with van der Waals surface area (Å²) < 4.78 is 10.6. The van der Waals surface area contributed by atoms with Crippen LogP contribution in [0.1, 0.15) is 48.5 Å². The SMILES string of the molecule is CC[C@H](C)c1ccc(NCCC(=O)c2ccc3c(c2)OCO3)cc1. The zero-order valence-electron chi connectivity index (χ0n) is 14.2. The van der Waals surface area contributed by atoms with Gasteiger partial charge in [0.05, 0.1) is 0 Å². The topological polar surface area (TPSA) is 47.6 Å². The Hall–Kier alpha value is -2.49. The van der Waals surface area contributed by atoms with Gasteiger partial charge >= 0.3 is 0 Å². The van der Waals surface area contributed by atoms with Crippen LogP contribution in [0, 0.1) is 0 Å². The molecule has 126 valence electrons. The molecule has 0 saturated heterocycles. The van der Waals surface area contributed by atoms with Crippen molar-refractivity contribution in [3.63, 3.8) is 0 Å². The molecule has 0 aliphatic carbocycles. The van der Waals surface area contributed by atoms with E-state index in [0.717, 1.165) is 12.1 Å². The number of rotatable bonds is 7. The first-order valence-electron chi connectivity index (χ1n) is 8.44. The van der Waals surface area contributed by atoms with Crippen molar-refractivity contribution in [2.45, 2.75) is 32.6 Å². The number of Topliss-reactive ketones (excluding diaryl/α,β-unsaturated/α-hetero) is 1. The average Bonchev–Trinajstić information content (AvgIpc) is 3.09. The fourth-order valence-corrected chi connectivity index (χ4v) is 2.70. The van der Waals surface area contributed by atoms with Gasteiger partial charge in [-0.3, -0.25) is 4.79 Å². The number of nitrogens with one attached hydrogen (secondary N) is 1. The molecule has 1 aliphatic heterocycles. The minimum absolute atomic E-state index is 0.0945. The van der Waals surface area contributed by atoms with Crippen LogP contribution in [-0.4, -0.2) is 19.1 Å². The number of benzene rings is 2. The van der Waals surface area contributed by atoms with Crippen molar-refractivity contribution < 1.29 is 14.3 Å². The Morgan fingerprint density at radius 1 is 1.12 bits per heavy atom. The van der Waals surface area contributed by atoms with Crippen LogP contribution in [0.15, 0.2) is 42.5 Å². The molecule has 24 heavy (non-hydrogen) atoms. The lowest BCUT2D eigenvalue weighted by molar-refractivity contribution is 0.0986. The zero-order valence-corrected chi connectivity index (χ0v) is 14.2. The molecule has 2 aromatic rings. The minimum atomic E-state index is 0.0945. The van der Waals surface area contributed by atoms with Gasteiger partial charge in [-0.2, -0.15) is 0 Å². The number of carbonyl (C=O) groups is 1. The maximum atomic E-state index is 12.3. The molecule has 1 N–H and O–H groups in total. The van der Waals surface area contributed by atoms with E-state index in [4.69, 9.17) is 9.47 Å². The van der Waals surface area contributed by atoms with Gasteiger partial charge in [-0.1, -0.05) is 26.0 Å². The monoisotopic (exact) mass is 325 g/mol. The lowest BCUT2D eigenvalue weighted by atomic mass is 9.98. The van der Waals surface area contributed by atoms with E-state index in [2.05, 4.69) is 43.4 Å². The third-order valence-corrected chi connectivity index (χ3v) is 4.47. The second kappa shape index (κ2) is 7.39. The largest absolute Gasteiger partial charge is 0.454 e. The van der Waals surface area contributed by atoms with Crippen LogP contribution in [0.2, 0.25) is 0 Å². The Morgan fingerprint density at radius 3 is 2.62 bits per heavy atom. The molecule has 0 unspecified atom stereocenters. The zero-order chi connectivity index (χ0) is 16.9. The molecule has 1 atom stereocenters. The van der Waals surface area contributed by atoms with Gasteiger partial charge in [0, 0.05) is 24.2 Å². The molecule has 4 heteroatoms. The maximum absolute atomic E-state index is 12.3. The first kappa shape index (κ1) is 16.4. The molecule has 0 amide bonds. The van der Waals surface area contributed by atoms with Crippen molar-refractivity contribution in [3.05, 3.63) is 53.6 Å². The van der Waals surface area contributed by atoms with Crippen molar-refractivity contribution in [2.75, 3.05) is 18.7 Å². The van der Waals surface area contributed by atoms with E-state index in [9.17, 15) is 4.79 Å². The summed E-state index contributed by atoms with van der Waals surface area (Å²) in [6.45, 7) is 5.25. The minimum Gasteiger partial charge on any atom is -0.454 e. The standard InChI is InChI=1S/C20H23NO3/c1-3-14(2)15-4-7-17(8-5-15)21-11-10-18(22)16-6-9-19-20(12-16)24-13-23-19/h4-9,12,14,21H,3,10-11,13H2,1-2H3/t14-/m0/s1. The number of carbonyl (C=O) groups excluding carboxylic acids is 1. The molecule has 2 aromatic carbocycles. The van der Waals surface area contributed by atoms with Gasteiger partial charge in [0.1, 0.15) is 0 Å². The molecular formula is C20H23NO3. The average molecular weight is 325 g/mol. The normalized spacial score (nSPS) is 13.6. The van der Waals surface area contributed by atoms with E-state index >= 15 is 0 Å². The van der Waals surface area contributed by atoms with Gasteiger partial charge < -0.3 is 14.8 Å². The summed E-state index contributed by atoms with van der Waals surface area (Å²) >= 11 is 0. The van der Waals surface area contributed by atoms with E-state index in [1.807, 2.05) is 0 Å². The molecule has 0 saturated carbocycles. The van der Waals surface area contributed by atoms with Crippen LogP contribution in [-0.2, 0) is 0 Å². The molecule has 1 aliphatic rings. The van der Waals surface area contributed by atoms with Crippen LogP contribution in [0.25, 0.3) is 0 Å². The lowest BCUT2D eigenvalue weighted by Crippen LogP contribution is -2.09. The summed E-state index contributed by atoms with van der Waals surface area (Å²) in [4.78, 5) is 12.3. The van der Waals surface area contributed by atoms with E-state index < -0.39 is 0 Å². The van der Waals surface area contributed by atoms with Crippen LogP contribution < -0.4 is 14.8 Å². The third-order valence-electron chi connectivity index (χ3n) is 4.47. The predicted octanol–water partition coefficient (Wildman–Crippen LogP) is 4.61. The number of anilines is 1. The molecule has 3 rings (SSSR count). The highest BCUT2D eigenvalue weighted by atomic mass is 16.7. The van der Waals surface area contributed by atoms with Crippen LogP contribution in [0.3, 0.4) is 0 Å². The number of ketones is 1. The molecule has 0 aromatic heterocycles. The highest BCUT2D eigenvalue weighted by Gasteiger charge is 2.15. The summed E-state index contributed by atoms with van der Waals surface area (Å²) in [6.07, 6.45) is 1.57. The Labute approximate surface area is 142 Å². The van der Waals surface area contributed by atoms with Crippen molar-refractivity contribution in [3.8, 4) is 11.5 Å². The smallest absolute Gasteiger partial charge is 0.231 e. The molecule has 4 nitrogen and oxygen atoms in total. The van der Waals surface area contributed by atoms with Crippen molar-refractivity contribution in [1.29, 1.82) is 0 Å². The van der Waals surface area contributed by atoms with Crippen LogP contribution >= 0.6 is 0 Å². The molecule has 1 heterocycles. The molecule has 0 spiro atoms. The number of hydrogen-bond acceptors (Lipinski definition) is 4. The van der Waals surface area contributed by atoms with Crippen molar-refractivity contribution >= 4 is 11.5 Å². The quantitative estimate of drug-likeness (QED) is 0.755. The third kappa shape index (κ3) is 3.70. The van der Waals surface area contributed by atoms with Gasteiger partial charge in [-0.25, -0.2) is 0 Å². The Balaban J connectivity index is 1.51. The van der Waals surface area contributed by atoms with Crippen LogP contribution in [0.5, 0.6) is 11.5 Å². The van der Waals surface area contributed by atoms with Gasteiger partial charge in [-0.15, -0.1) is 0 Å². The highest BCUT2D eigenvalue weighted by Crippen LogP contribution is 2.32. The fourth-order valence-electron chi connectivity index (χ4n) is 2.70. The van der Waals surface area contributed by atoms with Crippen LogP contribution in [0.4, 0.5) is 5.69 Å². The predicted molar refractivity (Wildman–Crippen MR) is 95.2 cm³/mol. The van der Waals surface area contributed by atoms with E-state index in [-0.39, 0.29) is 12.6 Å². The van der Waals surface area contributed by atoms with E-state index in [1.54, 1.807) is 18.2 Å². The summed E-state index contributed by atoms with van der Waals surface area (Å²) in [6, 6.07) is 13.8. The highest BCUT2D eigenvalue weighted by molar-refractivity contribution is 5.97. The fraction of sp³-hybridized carbons (Fsp3) is 0.350.